The van der Waals surface area contributed by atoms with Crippen molar-refractivity contribution in [3.05, 3.63) is 87.7 Å². The molecule has 0 atom stereocenters. The van der Waals surface area contributed by atoms with Crippen LogP contribution in [-0.2, 0) is 19.5 Å². The Morgan fingerprint density at radius 1 is 1.00 bits per heavy atom. The first-order valence-electron chi connectivity index (χ1n) is 11.8. The minimum Gasteiger partial charge on any atom is -0.493 e. The van der Waals surface area contributed by atoms with Crippen LogP contribution < -0.4 is 18.9 Å². The quantitative estimate of drug-likeness (QED) is 0.440. The van der Waals surface area contributed by atoms with Gasteiger partial charge in [-0.15, -0.1) is 0 Å². The SMILES string of the molecule is CCc1ccc(/C=C2\Oc3c4c(cc(C)c3C2=O)OCN(Cc2ccc(OC)c(OC)c2)C4)cc1. The molecular formula is C29H29NO5. The van der Waals surface area contributed by atoms with Crippen LogP contribution in [0, 0.1) is 6.92 Å². The van der Waals surface area contributed by atoms with Gasteiger partial charge in [0.25, 0.3) is 0 Å². The van der Waals surface area contributed by atoms with Crippen LogP contribution in [0.4, 0.5) is 0 Å². The van der Waals surface area contributed by atoms with Gasteiger partial charge in [-0.05, 0) is 59.9 Å². The van der Waals surface area contributed by atoms with Gasteiger partial charge in [-0.2, -0.15) is 0 Å². The average molecular weight is 472 g/mol. The van der Waals surface area contributed by atoms with Gasteiger partial charge in [0.15, 0.2) is 17.3 Å². The number of fused-ring (bicyclic) bond motifs is 3. The lowest BCUT2D eigenvalue weighted by Gasteiger charge is -2.30. The number of nitrogens with zero attached hydrogens (tertiary/aromatic N) is 1. The molecule has 6 nitrogen and oxygen atoms in total. The Hall–Kier alpha value is -3.77. The Labute approximate surface area is 205 Å². The number of methoxy groups -OCH3 is 2. The molecule has 3 aromatic rings. The van der Waals surface area contributed by atoms with Crippen molar-refractivity contribution in [2.24, 2.45) is 0 Å². The molecule has 0 spiro atoms. The lowest BCUT2D eigenvalue weighted by molar-refractivity contribution is 0.0871. The summed E-state index contributed by atoms with van der Waals surface area (Å²) >= 11 is 0. The van der Waals surface area contributed by atoms with E-state index < -0.39 is 0 Å². The number of allylic oxidation sites excluding steroid dienone is 1. The summed E-state index contributed by atoms with van der Waals surface area (Å²) in [5, 5.41) is 0. The van der Waals surface area contributed by atoms with Crippen LogP contribution in [0.5, 0.6) is 23.0 Å². The van der Waals surface area contributed by atoms with E-state index in [2.05, 4.69) is 24.0 Å². The van der Waals surface area contributed by atoms with E-state index in [0.29, 0.717) is 48.4 Å². The lowest BCUT2D eigenvalue weighted by Crippen LogP contribution is -2.31. The van der Waals surface area contributed by atoms with Crippen LogP contribution in [-0.4, -0.2) is 31.6 Å². The zero-order chi connectivity index (χ0) is 24.5. The standard InChI is InChI=1S/C29H29NO5/c1-5-19-6-8-20(9-7-19)13-26-28(31)27-18(2)12-24-22(29(27)35-26)16-30(17-34-24)15-21-10-11-23(32-3)25(14-21)33-4/h6-14H,5,15-17H2,1-4H3/b26-13-. The summed E-state index contributed by atoms with van der Waals surface area (Å²) in [6.07, 6.45) is 2.79. The number of ketones is 1. The van der Waals surface area contributed by atoms with E-state index in [-0.39, 0.29) is 5.78 Å². The van der Waals surface area contributed by atoms with Gasteiger partial charge in [-0.25, -0.2) is 0 Å². The van der Waals surface area contributed by atoms with Crippen molar-refractivity contribution in [1.29, 1.82) is 0 Å². The summed E-state index contributed by atoms with van der Waals surface area (Å²) in [6, 6.07) is 16.0. The van der Waals surface area contributed by atoms with Crippen LogP contribution in [0.25, 0.3) is 6.08 Å². The maximum atomic E-state index is 13.3. The zero-order valence-corrected chi connectivity index (χ0v) is 20.5. The number of hydrogen-bond acceptors (Lipinski definition) is 6. The van der Waals surface area contributed by atoms with Crippen molar-refractivity contribution >= 4 is 11.9 Å². The number of aryl methyl sites for hydroxylation is 2. The van der Waals surface area contributed by atoms with Crippen molar-refractivity contribution in [2.45, 2.75) is 33.4 Å². The van der Waals surface area contributed by atoms with E-state index in [1.807, 2.05) is 49.4 Å². The van der Waals surface area contributed by atoms with Crippen molar-refractivity contribution in [3.8, 4) is 23.0 Å². The number of carbonyl (C=O) groups is 1. The number of rotatable bonds is 6. The molecule has 0 N–H and O–H groups in total. The maximum absolute atomic E-state index is 13.3. The first kappa shape index (κ1) is 23.0. The summed E-state index contributed by atoms with van der Waals surface area (Å²) in [5.41, 5.74) is 5.66. The fourth-order valence-electron chi connectivity index (χ4n) is 4.62. The molecule has 0 aromatic heterocycles. The Kier molecular flexibility index (Phi) is 6.22. The predicted molar refractivity (Wildman–Crippen MR) is 134 cm³/mol. The summed E-state index contributed by atoms with van der Waals surface area (Å²) in [6.45, 7) is 5.76. The fourth-order valence-corrected chi connectivity index (χ4v) is 4.62. The van der Waals surface area contributed by atoms with Crippen LogP contribution in [0.3, 0.4) is 0 Å². The van der Waals surface area contributed by atoms with E-state index in [1.165, 1.54) is 5.56 Å². The summed E-state index contributed by atoms with van der Waals surface area (Å²) in [5.74, 6) is 3.02. The number of benzene rings is 3. The molecule has 5 rings (SSSR count). The molecular weight excluding hydrogens is 442 g/mol. The molecule has 2 aliphatic heterocycles. The molecule has 3 aromatic carbocycles. The smallest absolute Gasteiger partial charge is 0.232 e. The monoisotopic (exact) mass is 471 g/mol. The van der Waals surface area contributed by atoms with Crippen molar-refractivity contribution in [3.63, 3.8) is 0 Å². The van der Waals surface area contributed by atoms with Gasteiger partial charge < -0.3 is 18.9 Å². The van der Waals surface area contributed by atoms with Crippen LogP contribution >= 0.6 is 0 Å². The van der Waals surface area contributed by atoms with Crippen LogP contribution in [0.1, 0.15) is 45.1 Å². The minimum atomic E-state index is -0.0862. The van der Waals surface area contributed by atoms with E-state index in [0.717, 1.165) is 34.4 Å². The first-order chi connectivity index (χ1) is 17.0. The van der Waals surface area contributed by atoms with Crippen LogP contribution in [0.2, 0.25) is 0 Å². The van der Waals surface area contributed by atoms with Gasteiger partial charge in [-0.3, -0.25) is 9.69 Å². The first-order valence-corrected chi connectivity index (χ1v) is 11.8. The van der Waals surface area contributed by atoms with Gasteiger partial charge in [0.1, 0.15) is 18.2 Å². The van der Waals surface area contributed by atoms with Gasteiger partial charge in [0.2, 0.25) is 5.78 Å². The highest BCUT2D eigenvalue weighted by Gasteiger charge is 2.35. The highest BCUT2D eigenvalue weighted by Crippen LogP contribution is 2.44. The Bertz CT molecular complexity index is 1310. The second-order valence-corrected chi connectivity index (χ2v) is 8.86. The Morgan fingerprint density at radius 3 is 2.46 bits per heavy atom. The van der Waals surface area contributed by atoms with Crippen LogP contribution in [0.15, 0.2) is 54.3 Å². The molecule has 180 valence electrons. The summed E-state index contributed by atoms with van der Waals surface area (Å²) in [7, 11) is 3.25. The molecule has 0 unspecified atom stereocenters. The third kappa shape index (κ3) is 4.37. The van der Waals surface area contributed by atoms with E-state index in [9.17, 15) is 4.79 Å². The largest absolute Gasteiger partial charge is 0.493 e. The van der Waals surface area contributed by atoms with E-state index in [1.54, 1.807) is 14.2 Å². The zero-order valence-electron chi connectivity index (χ0n) is 20.5. The molecule has 0 fully saturated rings. The second-order valence-electron chi connectivity index (χ2n) is 8.86. The normalized spacial score (nSPS) is 15.9. The van der Waals surface area contributed by atoms with Gasteiger partial charge in [0.05, 0.1) is 25.3 Å². The maximum Gasteiger partial charge on any atom is 0.232 e. The lowest BCUT2D eigenvalue weighted by atomic mass is 9.98. The number of carbonyl (C=O) groups excluding carboxylic acids is 1. The van der Waals surface area contributed by atoms with Crippen molar-refractivity contribution in [1.82, 2.24) is 4.90 Å². The molecule has 0 amide bonds. The molecule has 6 heteroatoms. The number of hydrogen-bond donors (Lipinski definition) is 0. The Balaban J connectivity index is 1.41. The summed E-state index contributed by atoms with van der Waals surface area (Å²) in [4.78, 5) is 15.4. The highest BCUT2D eigenvalue weighted by atomic mass is 16.5. The second kappa shape index (κ2) is 9.47. The topological polar surface area (TPSA) is 57.2 Å². The molecule has 2 heterocycles. The van der Waals surface area contributed by atoms with E-state index >= 15 is 0 Å². The highest BCUT2D eigenvalue weighted by molar-refractivity contribution is 6.15. The van der Waals surface area contributed by atoms with Crippen molar-refractivity contribution in [2.75, 3.05) is 21.0 Å². The minimum absolute atomic E-state index is 0.0862. The molecule has 0 bridgehead atoms. The third-order valence-electron chi connectivity index (χ3n) is 6.53. The predicted octanol–water partition coefficient (Wildman–Crippen LogP) is 5.54. The molecule has 0 aliphatic carbocycles. The molecule has 0 radical (unpaired) electrons. The summed E-state index contributed by atoms with van der Waals surface area (Å²) < 4.78 is 23.1. The fraction of sp³-hybridized carbons (Fsp3) is 0.276. The average Bonchev–Trinajstić information content (AvgIpc) is 3.21. The number of Topliss-reactive ketones (excluding diaryl/α,β-unsaturated/α-hetero) is 1. The van der Waals surface area contributed by atoms with Gasteiger partial charge in [0, 0.05) is 13.1 Å². The van der Waals surface area contributed by atoms with Crippen molar-refractivity contribution < 1.29 is 23.7 Å². The van der Waals surface area contributed by atoms with Gasteiger partial charge >= 0.3 is 0 Å². The molecule has 35 heavy (non-hydrogen) atoms. The Morgan fingerprint density at radius 2 is 1.74 bits per heavy atom. The molecule has 0 saturated carbocycles. The van der Waals surface area contributed by atoms with E-state index in [4.69, 9.17) is 18.9 Å². The number of ether oxygens (including phenoxy) is 4. The molecule has 2 aliphatic rings. The molecule has 0 saturated heterocycles. The van der Waals surface area contributed by atoms with Gasteiger partial charge in [-0.1, -0.05) is 37.3 Å². The third-order valence-corrected chi connectivity index (χ3v) is 6.53.